The molecule has 110 valence electrons. The Kier molecular flexibility index (Phi) is 5.26. The zero-order valence-corrected chi connectivity index (χ0v) is 14.1. The third-order valence-corrected chi connectivity index (χ3v) is 3.70. The molecule has 0 aliphatic heterocycles. The molecular weight excluding hydrogens is 354 g/mol. The SMILES string of the molecule is Cc1ccc(NC(=O)COc2ccc(Br)cc2Cl)c(C)c1. The molecule has 0 spiro atoms. The van der Waals surface area contributed by atoms with Gasteiger partial charge in [-0.25, -0.2) is 0 Å². The first kappa shape index (κ1) is 15.9. The molecule has 0 unspecified atom stereocenters. The summed E-state index contributed by atoms with van der Waals surface area (Å²) in [5, 5.41) is 3.28. The molecule has 21 heavy (non-hydrogen) atoms. The largest absolute Gasteiger partial charge is 0.482 e. The first-order chi connectivity index (χ1) is 9.95. The highest BCUT2D eigenvalue weighted by Crippen LogP contribution is 2.27. The minimum Gasteiger partial charge on any atom is -0.482 e. The van der Waals surface area contributed by atoms with Crippen LogP contribution in [0.3, 0.4) is 0 Å². The van der Waals surface area contributed by atoms with Gasteiger partial charge in [-0.15, -0.1) is 0 Å². The van der Waals surface area contributed by atoms with Crippen molar-refractivity contribution in [3.05, 3.63) is 57.0 Å². The topological polar surface area (TPSA) is 38.3 Å². The van der Waals surface area contributed by atoms with Crippen molar-refractivity contribution in [1.82, 2.24) is 0 Å². The van der Waals surface area contributed by atoms with E-state index in [1.807, 2.05) is 38.1 Å². The van der Waals surface area contributed by atoms with E-state index in [0.717, 1.165) is 21.3 Å². The molecule has 0 aliphatic rings. The summed E-state index contributed by atoms with van der Waals surface area (Å²) in [4.78, 5) is 11.9. The van der Waals surface area contributed by atoms with Gasteiger partial charge in [0, 0.05) is 10.2 Å². The lowest BCUT2D eigenvalue weighted by molar-refractivity contribution is -0.118. The van der Waals surface area contributed by atoms with Gasteiger partial charge in [0.1, 0.15) is 5.75 Å². The van der Waals surface area contributed by atoms with E-state index in [2.05, 4.69) is 21.2 Å². The first-order valence-electron chi connectivity index (χ1n) is 6.40. The Morgan fingerprint density at radius 1 is 1.24 bits per heavy atom. The van der Waals surface area contributed by atoms with E-state index in [4.69, 9.17) is 16.3 Å². The highest BCUT2D eigenvalue weighted by atomic mass is 79.9. The van der Waals surface area contributed by atoms with Crippen LogP contribution in [0.4, 0.5) is 5.69 Å². The second kappa shape index (κ2) is 6.96. The summed E-state index contributed by atoms with van der Waals surface area (Å²) in [5.74, 6) is 0.261. The molecule has 2 aromatic carbocycles. The van der Waals surface area contributed by atoms with E-state index in [-0.39, 0.29) is 12.5 Å². The Morgan fingerprint density at radius 3 is 2.67 bits per heavy atom. The number of carbonyl (C=O) groups is 1. The molecule has 0 saturated carbocycles. The van der Waals surface area contributed by atoms with Gasteiger partial charge in [0.05, 0.1) is 5.02 Å². The number of amides is 1. The smallest absolute Gasteiger partial charge is 0.262 e. The highest BCUT2D eigenvalue weighted by Gasteiger charge is 2.08. The van der Waals surface area contributed by atoms with Gasteiger partial charge in [-0.3, -0.25) is 4.79 Å². The van der Waals surface area contributed by atoms with Crippen molar-refractivity contribution >= 4 is 39.1 Å². The zero-order chi connectivity index (χ0) is 15.4. The molecule has 0 atom stereocenters. The van der Waals surface area contributed by atoms with Gasteiger partial charge in [0.15, 0.2) is 6.61 Å². The maximum absolute atomic E-state index is 11.9. The van der Waals surface area contributed by atoms with Crippen molar-refractivity contribution in [3.8, 4) is 5.75 Å². The van der Waals surface area contributed by atoms with Crippen LogP contribution < -0.4 is 10.1 Å². The zero-order valence-electron chi connectivity index (χ0n) is 11.7. The third-order valence-electron chi connectivity index (χ3n) is 2.91. The lowest BCUT2D eigenvalue weighted by Crippen LogP contribution is -2.20. The molecule has 2 aromatic rings. The van der Waals surface area contributed by atoms with Crippen LogP contribution in [0.15, 0.2) is 40.9 Å². The van der Waals surface area contributed by atoms with Gasteiger partial charge in [-0.1, -0.05) is 45.2 Å². The minimum absolute atomic E-state index is 0.0886. The van der Waals surface area contributed by atoms with Crippen LogP contribution in [0.5, 0.6) is 5.75 Å². The molecule has 2 rings (SSSR count). The second-order valence-electron chi connectivity index (χ2n) is 4.73. The first-order valence-corrected chi connectivity index (χ1v) is 7.58. The number of hydrogen-bond acceptors (Lipinski definition) is 2. The third kappa shape index (κ3) is 4.48. The number of hydrogen-bond donors (Lipinski definition) is 1. The highest BCUT2D eigenvalue weighted by molar-refractivity contribution is 9.10. The molecule has 1 amide bonds. The number of halogens is 2. The van der Waals surface area contributed by atoms with Crippen molar-refractivity contribution in [1.29, 1.82) is 0 Å². The van der Waals surface area contributed by atoms with Crippen molar-refractivity contribution < 1.29 is 9.53 Å². The van der Waals surface area contributed by atoms with Crippen molar-refractivity contribution in [2.24, 2.45) is 0 Å². The summed E-state index contributed by atoms with van der Waals surface area (Å²) in [5.41, 5.74) is 2.96. The Balaban J connectivity index is 1.96. The number of rotatable bonds is 4. The van der Waals surface area contributed by atoms with Gasteiger partial charge < -0.3 is 10.1 Å². The van der Waals surface area contributed by atoms with Crippen LogP contribution in [-0.4, -0.2) is 12.5 Å². The van der Waals surface area contributed by atoms with E-state index >= 15 is 0 Å². The predicted octanol–water partition coefficient (Wildman–Crippen LogP) is 4.74. The molecule has 1 N–H and O–H groups in total. The Hall–Kier alpha value is -1.52. The van der Waals surface area contributed by atoms with Crippen molar-refractivity contribution in [2.45, 2.75) is 13.8 Å². The number of ether oxygens (including phenoxy) is 1. The van der Waals surface area contributed by atoms with Gasteiger partial charge in [-0.05, 0) is 43.7 Å². The Labute approximate surface area is 137 Å². The summed E-state index contributed by atoms with van der Waals surface area (Å²) in [6.07, 6.45) is 0. The van der Waals surface area contributed by atoms with E-state index in [1.54, 1.807) is 12.1 Å². The minimum atomic E-state index is -0.221. The molecule has 0 saturated heterocycles. The molecule has 0 aromatic heterocycles. The standard InChI is InChI=1S/C16H15BrClNO2/c1-10-3-5-14(11(2)7-10)19-16(20)9-21-15-6-4-12(17)8-13(15)18/h3-8H,9H2,1-2H3,(H,19,20). The molecule has 0 bridgehead atoms. The van der Waals surface area contributed by atoms with Crippen LogP contribution in [0.2, 0.25) is 5.02 Å². The number of nitrogens with one attached hydrogen (secondary N) is 1. The van der Waals surface area contributed by atoms with Gasteiger partial charge in [-0.2, -0.15) is 0 Å². The van der Waals surface area contributed by atoms with Gasteiger partial charge in [0.25, 0.3) is 5.91 Å². The molecule has 0 heterocycles. The average Bonchev–Trinajstić information content (AvgIpc) is 2.41. The normalized spacial score (nSPS) is 10.3. The Bertz CT molecular complexity index is 673. The van der Waals surface area contributed by atoms with Crippen LogP contribution in [-0.2, 0) is 4.79 Å². The van der Waals surface area contributed by atoms with Crippen molar-refractivity contribution in [3.63, 3.8) is 0 Å². The summed E-state index contributed by atoms with van der Waals surface area (Å²) in [6, 6.07) is 11.1. The second-order valence-corrected chi connectivity index (χ2v) is 6.05. The van der Waals surface area contributed by atoms with Crippen LogP contribution in [0.1, 0.15) is 11.1 Å². The molecule has 0 aliphatic carbocycles. The van der Waals surface area contributed by atoms with E-state index in [9.17, 15) is 4.79 Å². The van der Waals surface area contributed by atoms with E-state index in [1.165, 1.54) is 0 Å². The number of anilines is 1. The lowest BCUT2D eigenvalue weighted by Gasteiger charge is -2.11. The Morgan fingerprint density at radius 2 is 2.00 bits per heavy atom. The summed E-state index contributed by atoms with van der Waals surface area (Å²) >= 11 is 9.34. The molecule has 3 nitrogen and oxygen atoms in total. The number of benzene rings is 2. The quantitative estimate of drug-likeness (QED) is 0.846. The van der Waals surface area contributed by atoms with Gasteiger partial charge >= 0.3 is 0 Å². The fourth-order valence-electron chi connectivity index (χ4n) is 1.88. The molecule has 0 fully saturated rings. The monoisotopic (exact) mass is 367 g/mol. The van der Waals surface area contributed by atoms with Gasteiger partial charge in [0.2, 0.25) is 0 Å². The lowest BCUT2D eigenvalue weighted by atomic mass is 10.1. The molecule has 5 heteroatoms. The van der Waals surface area contributed by atoms with E-state index < -0.39 is 0 Å². The maximum Gasteiger partial charge on any atom is 0.262 e. The fraction of sp³-hybridized carbons (Fsp3) is 0.188. The van der Waals surface area contributed by atoms with Crippen LogP contribution >= 0.6 is 27.5 Å². The van der Waals surface area contributed by atoms with Crippen molar-refractivity contribution in [2.75, 3.05) is 11.9 Å². The van der Waals surface area contributed by atoms with E-state index in [0.29, 0.717) is 10.8 Å². The van der Waals surface area contributed by atoms with Crippen LogP contribution in [0.25, 0.3) is 0 Å². The summed E-state index contributed by atoms with van der Waals surface area (Å²) < 4.78 is 6.29. The molecule has 0 radical (unpaired) electrons. The maximum atomic E-state index is 11.9. The number of carbonyl (C=O) groups excluding carboxylic acids is 1. The summed E-state index contributed by atoms with van der Waals surface area (Å²) in [6.45, 7) is 3.88. The summed E-state index contributed by atoms with van der Waals surface area (Å²) in [7, 11) is 0. The average molecular weight is 369 g/mol. The predicted molar refractivity (Wildman–Crippen MR) is 89.2 cm³/mol. The number of aryl methyl sites for hydroxylation is 2. The molecular formula is C16H15BrClNO2. The van der Waals surface area contributed by atoms with Crippen LogP contribution in [0, 0.1) is 13.8 Å². The fourth-order valence-corrected chi connectivity index (χ4v) is 2.60.